The van der Waals surface area contributed by atoms with Gasteiger partial charge in [-0.1, -0.05) is 82.7 Å². The molecule has 1 nitrogen and oxygen atoms in total. The van der Waals surface area contributed by atoms with Gasteiger partial charge in [0.15, 0.2) is 0 Å². The van der Waals surface area contributed by atoms with Crippen LogP contribution in [0.5, 0.6) is 0 Å². The number of halogens is 1. The quantitative estimate of drug-likeness (QED) is 0.239. The van der Waals surface area contributed by atoms with Crippen molar-refractivity contribution in [3.05, 3.63) is 102 Å². The van der Waals surface area contributed by atoms with Crippen molar-refractivity contribution in [3.8, 4) is 27.9 Å². The zero-order chi connectivity index (χ0) is 19.8. The molecule has 0 unspecified atom stereocenters. The van der Waals surface area contributed by atoms with Crippen molar-refractivity contribution in [1.29, 1.82) is 0 Å². The summed E-state index contributed by atoms with van der Waals surface area (Å²) in [7, 11) is 0. The molecule has 0 fully saturated rings. The Morgan fingerprint density at radius 1 is 0.567 bits per heavy atom. The van der Waals surface area contributed by atoms with E-state index in [4.69, 9.17) is 0 Å². The van der Waals surface area contributed by atoms with E-state index in [-0.39, 0.29) is 0 Å². The molecule has 1 aliphatic rings. The molecule has 0 saturated heterocycles. The van der Waals surface area contributed by atoms with E-state index in [9.17, 15) is 0 Å². The monoisotopic (exact) mass is 445 g/mol. The Morgan fingerprint density at radius 2 is 1.33 bits per heavy atom. The molecule has 7 rings (SSSR count). The highest BCUT2D eigenvalue weighted by Crippen LogP contribution is 2.50. The molecule has 1 aromatic heterocycles. The van der Waals surface area contributed by atoms with Crippen LogP contribution >= 0.6 is 15.9 Å². The third-order valence-corrected chi connectivity index (χ3v) is 6.88. The number of nitrogens with zero attached hydrogens (tertiary/aromatic N) is 1. The average molecular weight is 446 g/mol. The summed E-state index contributed by atoms with van der Waals surface area (Å²) in [5.74, 6) is 0. The van der Waals surface area contributed by atoms with Crippen LogP contribution in [-0.4, -0.2) is 4.57 Å². The highest BCUT2D eigenvalue weighted by Gasteiger charge is 2.25. The van der Waals surface area contributed by atoms with Crippen LogP contribution in [-0.2, 0) is 0 Å². The highest BCUT2D eigenvalue weighted by molar-refractivity contribution is 9.10. The second kappa shape index (κ2) is 5.84. The van der Waals surface area contributed by atoms with E-state index in [2.05, 4.69) is 118 Å². The molecule has 0 radical (unpaired) electrons. The van der Waals surface area contributed by atoms with E-state index in [0.29, 0.717) is 0 Å². The summed E-state index contributed by atoms with van der Waals surface area (Å²) in [6.07, 6.45) is 0. The topological polar surface area (TPSA) is 4.93 Å². The Kier molecular flexibility index (Phi) is 3.20. The van der Waals surface area contributed by atoms with Crippen molar-refractivity contribution in [2.24, 2.45) is 0 Å². The number of para-hydroxylation sites is 1. The van der Waals surface area contributed by atoms with Crippen molar-refractivity contribution in [2.45, 2.75) is 0 Å². The molecular formula is C28H16BrN. The Bertz CT molecular complexity index is 1660. The van der Waals surface area contributed by atoms with Gasteiger partial charge in [0.25, 0.3) is 0 Å². The first-order valence-electron chi connectivity index (χ1n) is 10.2. The molecule has 1 aliphatic carbocycles. The minimum atomic E-state index is 1.11. The number of hydrogen-bond donors (Lipinski definition) is 0. The lowest BCUT2D eigenvalue weighted by Gasteiger charge is -2.14. The molecule has 1 heterocycles. The Hall–Kier alpha value is -3.36. The minimum Gasteiger partial charge on any atom is -0.309 e. The van der Waals surface area contributed by atoms with Gasteiger partial charge in [0.05, 0.1) is 16.7 Å². The molecule has 0 N–H and O–H groups in total. The first-order chi connectivity index (χ1) is 14.8. The average Bonchev–Trinajstić information content (AvgIpc) is 3.29. The van der Waals surface area contributed by atoms with Gasteiger partial charge in [-0.25, -0.2) is 0 Å². The molecule has 0 saturated carbocycles. The van der Waals surface area contributed by atoms with Gasteiger partial charge in [0.1, 0.15) is 0 Å². The van der Waals surface area contributed by atoms with E-state index in [1.807, 2.05) is 0 Å². The van der Waals surface area contributed by atoms with Gasteiger partial charge >= 0.3 is 0 Å². The molecule has 6 aromatic rings. The number of fused-ring (bicyclic) bond motifs is 6. The van der Waals surface area contributed by atoms with E-state index >= 15 is 0 Å². The molecule has 2 heteroatoms. The maximum absolute atomic E-state index is 3.66. The molecule has 140 valence electrons. The van der Waals surface area contributed by atoms with Crippen LogP contribution in [0.25, 0.3) is 60.5 Å². The predicted molar refractivity (Wildman–Crippen MR) is 130 cm³/mol. The van der Waals surface area contributed by atoms with Crippen molar-refractivity contribution >= 4 is 48.5 Å². The first kappa shape index (κ1) is 16.4. The normalized spacial score (nSPS) is 12.2. The zero-order valence-corrected chi connectivity index (χ0v) is 17.6. The van der Waals surface area contributed by atoms with Gasteiger partial charge in [0, 0.05) is 20.8 Å². The fourth-order valence-corrected chi connectivity index (χ4v) is 5.55. The molecule has 0 atom stereocenters. The molecule has 0 spiro atoms. The maximum atomic E-state index is 3.66. The molecule has 30 heavy (non-hydrogen) atoms. The van der Waals surface area contributed by atoms with Crippen LogP contribution < -0.4 is 0 Å². The van der Waals surface area contributed by atoms with E-state index in [1.54, 1.807) is 0 Å². The summed E-state index contributed by atoms with van der Waals surface area (Å²) in [6.45, 7) is 0. The van der Waals surface area contributed by atoms with Crippen LogP contribution in [0, 0.1) is 0 Å². The minimum absolute atomic E-state index is 1.11. The first-order valence-corrected chi connectivity index (χ1v) is 11.0. The second-order valence-corrected chi connectivity index (χ2v) is 8.84. The maximum Gasteiger partial charge on any atom is 0.0547 e. The summed E-state index contributed by atoms with van der Waals surface area (Å²) in [4.78, 5) is 0. The van der Waals surface area contributed by atoms with Gasteiger partial charge in [-0.2, -0.15) is 0 Å². The summed E-state index contributed by atoms with van der Waals surface area (Å²) in [6, 6.07) is 35.3. The van der Waals surface area contributed by atoms with Crippen molar-refractivity contribution in [1.82, 2.24) is 4.57 Å². The smallest absolute Gasteiger partial charge is 0.0547 e. The fourth-order valence-electron chi connectivity index (χ4n) is 5.19. The number of rotatable bonds is 1. The Balaban J connectivity index is 1.71. The third-order valence-electron chi connectivity index (χ3n) is 6.39. The largest absolute Gasteiger partial charge is 0.309 e. The van der Waals surface area contributed by atoms with Gasteiger partial charge in [-0.3, -0.25) is 0 Å². The summed E-state index contributed by atoms with van der Waals surface area (Å²) in [5, 5.41) is 5.21. The van der Waals surface area contributed by atoms with Crippen LogP contribution in [0.4, 0.5) is 0 Å². The number of benzene rings is 5. The van der Waals surface area contributed by atoms with Crippen molar-refractivity contribution < 1.29 is 0 Å². The van der Waals surface area contributed by atoms with Crippen LogP contribution in [0.3, 0.4) is 0 Å². The van der Waals surface area contributed by atoms with E-state index < -0.39 is 0 Å². The lowest BCUT2D eigenvalue weighted by molar-refractivity contribution is 1.19. The predicted octanol–water partition coefficient (Wildman–Crippen LogP) is 8.35. The van der Waals surface area contributed by atoms with Crippen molar-refractivity contribution in [3.63, 3.8) is 0 Å². The lowest BCUT2D eigenvalue weighted by Crippen LogP contribution is -1.96. The SMILES string of the molecule is Brc1ccc2c(c1)c1ccccc1n2-c1ccc2cccc3c2c1-c1ccccc1-3. The van der Waals surface area contributed by atoms with Gasteiger partial charge in [0.2, 0.25) is 0 Å². The zero-order valence-electron chi connectivity index (χ0n) is 16.1. The van der Waals surface area contributed by atoms with Crippen molar-refractivity contribution in [2.75, 3.05) is 0 Å². The Morgan fingerprint density at radius 3 is 2.27 bits per heavy atom. The van der Waals surface area contributed by atoms with E-state index in [0.717, 1.165) is 4.47 Å². The molecule has 0 aliphatic heterocycles. The third kappa shape index (κ3) is 2.02. The van der Waals surface area contributed by atoms with E-state index in [1.165, 1.54) is 60.5 Å². The number of aromatic nitrogens is 1. The number of hydrogen-bond acceptors (Lipinski definition) is 0. The lowest BCUT2D eigenvalue weighted by atomic mass is 10.0. The van der Waals surface area contributed by atoms with Crippen LogP contribution in [0.1, 0.15) is 0 Å². The molecule has 5 aromatic carbocycles. The summed E-state index contributed by atoms with van der Waals surface area (Å²) >= 11 is 3.66. The summed E-state index contributed by atoms with van der Waals surface area (Å²) in [5.41, 5.74) is 9.04. The molecule has 0 bridgehead atoms. The second-order valence-electron chi connectivity index (χ2n) is 7.92. The van der Waals surface area contributed by atoms with Crippen LogP contribution in [0.15, 0.2) is 102 Å². The van der Waals surface area contributed by atoms with Crippen LogP contribution in [0.2, 0.25) is 0 Å². The molecule has 0 amide bonds. The fraction of sp³-hybridized carbons (Fsp3) is 0. The highest BCUT2D eigenvalue weighted by atomic mass is 79.9. The standard InChI is InChI=1S/C28H16BrN/c29-18-13-15-25-23(16-18)20-8-3-4-11-24(20)30(25)26-14-12-17-6-5-10-21-19-7-1-2-9-22(19)28(26)27(17)21/h1-16H. The molecular weight excluding hydrogens is 430 g/mol. The van der Waals surface area contributed by atoms with Gasteiger partial charge in [-0.15, -0.1) is 0 Å². The van der Waals surface area contributed by atoms with Gasteiger partial charge in [-0.05, 0) is 57.8 Å². The van der Waals surface area contributed by atoms with Gasteiger partial charge < -0.3 is 4.57 Å². The Labute approximate surface area is 182 Å². The summed E-state index contributed by atoms with van der Waals surface area (Å²) < 4.78 is 3.54.